The number of nitrogens with zero attached hydrogens (tertiary/aromatic N) is 2. The third kappa shape index (κ3) is 5.66. The quantitative estimate of drug-likeness (QED) is 0.523. The van der Waals surface area contributed by atoms with Crippen LogP contribution in [0.25, 0.3) is 0 Å². The second kappa shape index (κ2) is 8.23. The van der Waals surface area contributed by atoms with Gasteiger partial charge in [0.25, 0.3) is 0 Å². The van der Waals surface area contributed by atoms with Gasteiger partial charge in [-0.2, -0.15) is 5.10 Å². The van der Waals surface area contributed by atoms with Crippen molar-refractivity contribution >= 4 is 10.0 Å². The number of aromatic nitrogens is 2. The smallest absolute Gasteiger partial charge is 0.243 e. The molecule has 0 saturated carbocycles. The third-order valence-electron chi connectivity index (χ3n) is 2.25. The Balaban J connectivity index is 2.38. The van der Waals surface area contributed by atoms with Gasteiger partial charge < -0.3 is 15.2 Å². The number of methoxy groups -OCH3 is 1. The molecule has 0 spiro atoms. The van der Waals surface area contributed by atoms with Gasteiger partial charge in [0.2, 0.25) is 10.0 Å². The number of nitrogens with one attached hydrogen (secondary N) is 1. The Labute approximate surface area is 112 Å². The van der Waals surface area contributed by atoms with Gasteiger partial charge in [-0.25, -0.2) is 13.1 Å². The predicted molar refractivity (Wildman–Crippen MR) is 69.2 cm³/mol. The van der Waals surface area contributed by atoms with E-state index in [1.54, 1.807) is 7.11 Å². The molecule has 0 fully saturated rings. The summed E-state index contributed by atoms with van der Waals surface area (Å²) in [6, 6.07) is 0. The second-order valence-corrected chi connectivity index (χ2v) is 5.50. The minimum absolute atomic E-state index is 0.123. The molecule has 1 aromatic heterocycles. The van der Waals surface area contributed by atoms with E-state index < -0.39 is 10.0 Å². The van der Waals surface area contributed by atoms with Crippen molar-refractivity contribution in [1.29, 1.82) is 0 Å². The Morgan fingerprint density at radius 2 is 2.21 bits per heavy atom. The lowest BCUT2D eigenvalue weighted by Gasteiger charge is -2.05. The van der Waals surface area contributed by atoms with E-state index in [1.165, 1.54) is 17.1 Å². The van der Waals surface area contributed by atoms with Gasteiger partial charge in [0.1, 0.15) is 4.90 Å². The molecule has 8 nitrogen and oxygen atoms in total. The van der Waals surface area contributed by atoms with Gasteiger partial charge in [0.15, 0.2) is 0 Å². The van der Waals surface area contributed by atoms with E-state index in [4.69, 9.17) is 15.2 Å². The zero-order valence-electron chi connectivity index (χ0n) is 10.9. The monoisotopic (exact) mass is 292 g/mol. The predicted octanol–water partition coefficient (Wildman–Crippen LogP) is -1.22. The summed E-state index contributed by atoms with van der Waals surface area (Å²) in [6.45, 7) is 2.30. The lowest BCUT2D eigenvalue weighted by Crippen LogP contribution is -2.27. The van der Waals surface area contributed by atoms with Crippen LogP contribution in [0.15, 0.2) is 17.3 Å². The van der Waals surface area contributed by atoms with E-state index in [-0.39, 0.29) is 11.4 Å². The van der Waals surface area contributed by atoms with Crippen LogP contribution in [0.4, 0.5) is 0 Å². The summed E-state index contributed by atoms with van der Waals surface area (Å²) in [5, 5.41) is 3.91. The number of hydrogen-bond acceptors (Lipinski definition) is 6. The van der Waals surface area contributed by atoms with Crippen LogP contribution in [0.1, 0.15) is 0 Å². The molecule has 0 amide bonds. The molecule has 0 unspecified atom stereocenters. The van der Waals surface area contributed by atoms with Crippen LogP contribution in [-0.4, -0.2) is 58.2 Å². The first-order valence-electron chi connectivity index (χ1n) is 5.89. The summed E-state index contributed by atoms with van der Waals surface area (Å²) in [5.74, 6) is 0. The van der Waals surface area contributed by atoms with Crippen molar-refractivity contribution < 1.29 is 17.9 Å². The molecule has 0 aliphatic rings. The molecular formula is C10H20N4O4S. The van der Waals surface area contributed by atoms with Crippen LogP contribution < -0.4 is 10.5 Å². The first kappa shape index (κ1) is 16.1. The van der Waals surface area contributed by atoms with Crippen LogP contribution in [-0.2, 0) is 26.0 Å². The average Bonchev–Trinajstić information content (AvgIpc) is 2.83. The molecule has 9 heteroatoms. The summed E-state index contributed by atoms with van der Waals surface area (Å²) in [6.07, 6.45) is 2.74. The molecule has 0 aromatic carbocycles. The molecule has 19 heavy (non-hydrogen) atoms. The van der Waals surface area contributed by atoms with Crippen molar-refractivity contribution in [2.45, 2.75) is 11.4 Å². The first-order chi connectivity index (χ1) is 9.10. The van der Waals surface area contributed by atoms with E-state index in [0.29, 0.717) is 32.9 Å². The Morgan fingerprint density at radius 1 is 1.42 bits per heavy atom. The van der Waals surface area contributed by atoms with Crippen molar-refractivity contribution in [1.82, 2.24) is 14.5 Å². The second-order valence-electron chi connectivity index (χ2n) is 3.73. The minimum Gasteiger partial charge on any atom is -0.382 e. The van der Waals surface area contributed by atoms with Crippen molar-refractivity contribution in [2.24, 2.45) is 5.73 Å². The van der Waals surface area contributed by atoms with Crippen LogP contribution in [0, 0.1) is 0 Å². The van der Waals surface area contributed by atoms with Crippen molar-refractivity contribution in [2.75, 3.05) is 40.0 Å². The van der Waals surface area contributed by atoms with Gasteiger partial charge in [-0.1, -0.05) is 0 Å². The van der Waals surface area contributed by atoms with Gasteiger partial charge in [-0.3, -0.25) is 4.68 Å². The minimum atomic E-state index is -3.54. The van der Waals surface area contributed by atoms with E-state index >= 15 is 0 Å². The molecule has 0 aliphatic heterocycles. The van der Waals surface area contributed by atoms with E-state index in [2.05, 4.69) is 9.82 Å². The topological polar surface area (TPSA) is 108 Å². The lowest BCUT2D eigenvalue weighted by molar-refractivity contribution is 0.0736. The van der Waals surface area contributed by atoms with Crippen molar-refractivity contribution in [3.05, 3.63) is 12.4 Å². The van der Waals surface area contributed by atoms with Gasteiger partial charge in [-0.05, 0) is 0 Å². The summed E-state index contributed by atoms with van der Waals surface area (Å²) in [4.78, 5) is 0.123. The van der Waals surface area contributed by atoms with E-state index in [1.807, 2.05) is 0 Å². The maximum absolute atomic E-state index is 11.9. The molecule has 1 aromatic rings. The maximum atomic E-state index is 11.9. The van der Waals surface area contributed by atoms with Gasteiger partial charge >= 0.3 is 0 Å². The average molecular weight is 292 g/mol. The molecule has 110 valence electrons. The Bertz CT molecular complexity index is 460. The molecule has 0 radical (unpaired) electrons. The molecule has 1 heterocycles. The fraction of sp³-hybridized carbons (Fsp3) is 0.700. The molecule has 0 atom stereocenters. The maximum Gasteiger partial charge on any atom is 0.243 e. The number of rotatable bonds is 10. The lowest BCUT2D eigenvalue weighted by atomic mass is 10.6. The molecule has 0 saturated heterocycles. The normalized spacial score (nSPS) is 11.9. The largest absolute Gasteiger partial charge is 0.382 e. The summed E-state index contributed by atoms with van der Waals surface area (Å²) >= 11 is 0. The number of sulfonamides is 1. The molecule has 1 rings (SSSR count). The highest BCUT2D eigenvalue weighted by Crippen LogP contribution is 2.06. The Kier molecular flexibility index (Phi) is 6.95. The highest BCUT2D eigenvalue weighted by Gasteiger charge is 2.15. The zero-order chi connectivity index (χ0) is 14.1. The zero-order valence-corrected chi connectivity index (χ0v) is 11.7. The summed E-state index contributed by atoms with van der Waals surface area (Å²) < 4.78 is 37.6. The van der Waals surface area contributed by atoms with Crippen LogP contribution in [0.3, 0.4) is 0 Å². The van der Waals surface area contributed by atoms with Gasteiger partial charge in [0.05, 0.1) is 32.6 Å². The highest BCUT2D eigenvalue weighted by molar-refractivity contribution is 7.89. The number of hydrogen-bond donors (Lipinski definition) is 2. The first-order valence-corrected chi connectivity index (χ1v) is 7.37. The van der Waals surface area contributed by atoms with Gasteiger partial charge in [-0.15, -0.1) is 0 Å². The highest BCUT2D eigenvalue weighted by atomic mass is 32.2. The molecule has 3 N–H and O–H groups in total. The summed E-state index contributed by atoms with van der Waals surface area (Å²) in [5.41, 5.74) is 5.36. The fourth-order valence-electron chi connectivity index (χ4n) is 1.31. The van der Waals surface area contributed by atoms with Crippen LogP contribution in [0.5, 0.6) is 0 Å². The molecule has 0 aliphatic carbocycles. The van der Waals surface area contributed by atoms with Crippen molar-refractivity contribution in [3.8, 4) is 0 Å². The standard InChI is InChI=1S/C10H20N4O4S/c1-17-6-7-18-5-3-13-19(15,16)10-8-12-14(9-10)4-2-11/h8-9,13H,2-7,11H2,1H3. The van der Waals surface area contributed by atoms with E-state index in [9.17, 15) is 8.42 Å². The summed E-state index contributed by atoms with van der Waals surface area (Å²) in [7, 11) is -1.96. The van der Waals surface area contributed by atoms with E-state index in [0.717, 1.165) is 0 Å². The fourth-order valence-corrected chi connectivity index (χ4v) is 2.28. The van der Waals surface area contributed by atoms with Gasteiger partial charge in [0, 0.05) is 26.4 Å². The Morgan fingerprint density at radius 3 is 2.89 bits per heavy atom. The molecular weight excluding hydrogens is 272 g/mol. The van der Waals surface area contributed by atoms with Crippen LogP contribution >= 0.6 is 0 Å². The Hall–Kier alpha value is -1.00. The number of ether oxygens (including phenoxy) is 2. The van der Waals surface area contributed by atoms with Crippen molar-refractivity contribution in [3.63, 3.8) is 0 Å². The SMILES string of the molecule is COCCOCCNS(=O)(=O)c1cnn(CCN)c1. The third-order valence-corrected chi connectivity index (χ3v) is 3.66. The molecule has 0 bridgehead atoms. The van der Waals surface area contributed by atoms with Crippen LogP contribution in [0.2, 0.25) is 0 Å². The number of nitrogens with two attached hydrogens (primary N) is 1.